The summed E-state index contributed by atoms with van der Waals surface area (Å²) in [4.78, 5) is 4.55. The van der Waals surface area contributed by atoms with E-state index in [2.05, 4.69) is 22.8 Å². The Morgan fingerprint density at radius 1 is 1.30 bits per heavy atom. The van der Waals surface area contributed by atoms with Crippen molar-refractivity contribution in [2.24, 2.45) is 0 Å². The highest BCUT2D eigenvalue weighted by atomic mass is 16.5. The molecule has 0 radical (unpaired) electrons. The molecule has 1 atom stereocenters. The Hall–Kier alpha value is -1.45. The zero-order valence-corrected chi connectivity index (χ0v) is 13.9. The van der Waals surface area contributed by atoms with E-state index >= 15 is 0 Å². The van der Waals surface area contributed by atoms with Crippen LogP contribution in [-0.4, -0.2) is 66.9 Å². The second kappa shape index (κ2) is 9.64. The number of benzene rings is 1. The van der Waals surface area contributed by atoms with Crippen molar-refractivity contribution in [3.63, 3.8) is 0 Å². The topological polar surface area (TPSA) is 59.7 Å². The van der Waals surface area contributed by atoms with E-state index in [9.17, 15) is 5.11 Å². The van der Waals surface area contributed by atoms with Gasteiger partial charge in [-0.05, 0) is 30.7 Å². The molecule has 1 heterocycles. The SMILES string of the molecule is CCCN(Cc1ccc(C#N)cc1)CC(O)CN1CCOCC1. The van der Waals surface area contributed by atoms with E-state index < -0.39 is 0 Å². The van der Waals surface area contributed by atoms with Gasteiger partial charge in [0.05, 0.1) is 31.0 Å². The second-order valence-electron chi connectivity index (χ2n) is 6.11. The summed E-state index contributed by atoms with van der Waals surface area (Å²) < 4.78 is 5.34. The van der Waals surface area contributed by atoms with Crippen LogP contribution in [0, 0.1) is 11.3 Å². The predicted molar refractivity (Wildman–Crippen MR) is 90.0 cm³/mol. The number of nitrogens with zero attached hydrogens (tertiary/aromatic N) is 3. The molecular formula is C18H27N3O2. The van der Waals surface area contributed by atoms with Crippen LogP contribution in [0.15, 0.2) is 24.3 Å². The number of morpholine rings is 1. The zero-order valence-electron chi connectivity index (χ0n) is 13.9. The zero-order chi connectivity index (χ0) is 16.5. The molecule has 0 bridgehead atoms. The molecule has 5 heteroatoms. The van der Waals surface area contributed by atoms with Crippen LogP contribution in [0.4, 0.5) is 0 Å². The van der Waals surface area contributed by atoms with Gasteiger partial charge in [-0.2, -0.15) is 5.26 Å². The van der Waals surface area contributed by atoms with E-state index in [0.717, 1.165) is 45.8 Å². The second-order valence-corrected chi connectivity index (χ2v) is 6.11. The normalized spacial score (nSPS) is 17.1. The molecule has 1 aromatic rings. The summed E-state index contributed by atoms with van der Waals surface area (Å²) in [7, 11) is 0. The van der Waals surface area contributed by atoms with Crippen molar-refractivity contribution in [3.05, 3.63) is 35.4 Å². The van der Waals surface area contributed by atoms with Crippen molar-refractivity contribution in [2.75, 3.05) is 45.9 Å². The summed E-state index contributed by atoms with van der Waals surface area (Å²) in [5, 5.41) is 19.3. The molecule has 0 amide bonds. The molecule has 0 aliphatic carbocycles. The summed E-state index contributed by atoms with van der Waals surface area (Å²) in [6.07, 6.45) is 0.707. The van der Waals surface area contributed by atoms with E-state index in [1.807, 2.05) is 24.3 Å². The number of β-amino-alcohol motifs (C(OH)–C–C–N with tert-alkyl or cyclic N) is 1. The first-order valence-corrected chi connectivity index (χ1v) is 8.41. The Morgan fingerprint density at radius 3 is 2.61 bits per heavy atom. The number of ether oxygens (including phenoxy) is 1. The van der Waals surface area contributed by atoms with Crippen molar-refractivity contribution in [1.29, 1.82) is 5.26 Å². The quantitative estimate of drug-likeness (QED) is 0.787. The first kappa shape index (κ1) is 17.9. The standard InChI is InChI=1S/C18H27N3O2/c1-2-7-21(13-17-5-3-16(12-19)4-6-17)15-18(22)14-20-8-10-23-11-9-20/h3-6,18,22H,2,7-11,13-15H2,1H3. The Kier molecular flexibility index (Phi) is 7.50. The average molecular weight is 317 g/mol. The van der Waals surface area contributed by atoms with Crippen LogP contribution < -0.4 is 0 Å². The van der Waals surface area contributed by atoms with E-state index in [0.29, 0.717) is 18.7 Å². The maximum atomic E-state index is 10.4. The number of hydrogen-bond acceptors (Lipinski definition) is 5. The van der Waals surface area contributed by atoms with Gasteiger partial charge in [0, 0.05) is 32.7 Å². The van der Waals surface area contributed by atoms with E-state index in [1.165, 1.54) is 5.56 Å². The number of nitriles is 1. The van der Waals surface area contributed by atoms with Crippen LogP contribution in [0.2, 0.25) is 0 Å². The third-order valence-electron chi connectivity index (χ3n) is 4.07. The van der Waals surface area contributed by atoms with Gasteiger partial charge in [0.25, 0.3) is 0 Å². The smallest absolute Gasteiger partial charge is 0.0991 e. The minimum atomic E-state index is -0.349. The molecule has 2 rings (SSSR count). The molecule has 5 nitrogen and oxygen atoms in total. The fourth-order valence-electron chi connectivity index (χ4n) is 2.93. The van der Waals surface area contributed by atoms with Crippen molar-refractivity contribution < 1.29 is 9.84 Å². The summed E-state index contributed by atoms with van der Waals surface area (Å²) in [5.41, 5.74) is 1.86. The third-order valence-corrected chi connectivity index (χ3v) is 4.07. The minimum absolute atomic E-state index is 0.349. The lowest BCUT2D eigenvalue weighted by Crippen LogP contribution is -2.44. The molecule has 0 aromatic heterocycles. The average Bonchev–Trinajstić information content (AvgIpc) is 2.56. The molecule has 0 spiro atoms. The molecule has 1 aromatic carbocycles. The van der Waals surface area contributed by atoms with Crippen LogP contribution >= 0.6 is 0 Å². The molecule has 126 valence electrons. The molecule has 23 heavy (non-hydrogen) atoms. The number of hydrogen-bond donors (Lipinski definition) is 1. The summed E-state index contributed by atoms with van der Waals surface area (Å²) >= 11 is 0. The first-order chi connectivity index (χ1) is 11.2. The van der Waals surface area contributed by atoms with Gasteiger partial charge < -0.3 is 9.84 Å². The van der Waals surface area contributed by atoms with E-state index in [4.69, 9.17) is 10.00 Å². The lowest BCUT2D eigenvalue weighted by Gasteiger charge is -2.31. The van der Waals surface area contributed by atoms with Crippen molar-refractivity contribution >= 4 is 0 Å². The molecule has 1 unspecified atom stereocenters. The molecule has 1 N–H and O–H groups in total. The number of rotatable bonds is 8. The molecule has 1 aliphatic heterocycles. The fraction of sp³-hybridized carbons (Fsp3) is 0.611. The van der Waals surface area contributed by atoms with Gasteiger partial charge >= 0.3 is 0 Å². The monoisotopic (exact) mass is 317 g/mol. The molecule has 0 saturated carbocycles. The molecule has 1 fully saturated rings. The maximum Gasteiger partial charge on any atom is 0.0991 e. The van der Waals surface area contributed by atoms with Gasteiger partial charge in [0.1, 0.15) is 0 Å². The number of aliphatic hydroxyl groups is 1. The highest BCUT2D eigenvalue weighted by Crippen LogP contribution is 2.09. The highest BCUT2D eigenvalue weighted by molar-refractivity contribution is 5.31. The fourth-order valence-corrected chi connectivity index (χ4v) is 2.93. The molecule has 1 saturated heterocycles. The maximum absolute atomic E-state index is 10.4. The first-order valence-electron chi connectivity index (χ1n) is 8.41. The summed E-state index contributed by atoms with van der Waals surface area (Å²) in [6, 6.07) is 9.83. The highest BCUT2D eigenvalue weighted by Gasteiger charge is 2.17. The van der Waals surface area contributed by atoms with Gasteiger partial charge in [0.2, 0.25) is 0 Å². The van der Waals surface area contributed by atoms with Gasteiger partial charge in [0.15, 0.2) is 0 Å². The molecule has 1 aliphatic rings. The van der Waals surface area contributed by atoms with Crippen LogP contribution in [0.1, 0.15) is 24.5 Å². The van der Waals surface area contributed by atoms with Crippen molar-refractivity contribution in [3.8, 4) is 6.07 Å². The Morgan fingerprint density at radius 2 is 2.00 bits per heavy atom. The van der Waals surface area contributed by atoms with Gasteiger partial charge in [-0.1, -0.05) is 19.1 Å². The number of aliphatic hydroxyl groups excluding tert-OH is 1. The van der Waals surface area contributed by atoms with Crippen LogP contribution in [0.3, 0.4) is 0 Å². The summed E-state index contributed by atoms with van der Waals surface area (Å²) in [6.45, 7) is 8.62. The third kappa shape index (κ3) is 6.28. The van der Waals surface area contributed by atoms with Gasteiger partial charge in [-0.25, -0.2) is 0 Å². The van der Waals surface area contributed by atoms with Gasteiger partial charge in [-0.15, -0.1) is 0 Å². The van der Waals surface area contributed by atoms with Crippen LogP contribution in [-0.2, 0) is 11.3 Å². The van der Waals surface area contributed by atoms with Crippen molar-refractivity contribution in [2.45, 2.75) is 26.0 Å². The van der Waals surface area contributed by atoms with E-state index in [1.54, 1.807) is 0 Å². The van der Waals surface area contributed by atoms with E-state index in [-0.39, 0.29) is 6.10 Å². The minimum Gasteiger partial charge on any atom is -0.390 e. The largest absolute Gasteiger partial charge is 0.390 e. The lowest BCUT2D eigenvalue weighted by molar-refractivity contribution is 0.00628. The lowest BCUT2D eigenvalue weighted by atomic mass is 10.1. The van der Waals surface area contributed by atoms with Gasteiger partial charge in [-0.3, -0.25) is 9.80 Å². The predicted octanol–water partition coefficient (Wildman–Crippen LogP) is 1.46. The van der Waals surface area contributed by atoms with Crippen LogP contribution in [0.5, 0.6) is 0 Å². The Labute approximate surface area is 139 Å². The Bertz CT molecular complexity index is 492. The van der Waals surface area contributed by atoms with Crippen molar-refractivity contribution in [1.82, 2.24) is 9.80 Å². The Balaban J connectivity index is 1.85. The summed E-state index contributed by atoms with van der Waals surface area (Å²) in [5.74, 6) is 0. The molecular weight excluding hydrogens is 290 g/mol. The van der Waals surface area contributed by atoms with Crippen LogP contribution in [0.25, 0.3) is 0 Å².